The molecule has 2 unspecified atom stereocenters. The van der Waals surface area contributed by atoms with Crippen molar-refractivity contribution in [2.75, 3.05) is 16.4 Å². The van der Waals surface area contributed by atoms with Crippen LogP contribution in [0.15, 0.2) is 53.5 Å². The molecule has 0 spiro atoms. The molecule has 0 aliphatic carbocycles. The molecule has 5 nitrogen and oxygen atoms in total. The van der Waals surface area contributed by atoms with E-state index in [2.05, 4.69) is 19.1 Å². The highest BCUT2D eigenvalue weighted by molar-refractivity contribution is 8.13. The normalized spacial score (nSPS) is 22.8. The lowest BCUT2D eigenvalue weighted by Gasteiger charge is -2.27. The molecule has 2 aromatic carbocycles. The third-order valence-corrected chi connectivity index (χ3v) is 7.97. The maximum atomic E-state index is 12.2. The van der Waals surface area contributed by atoms with E-state index in [1.807, 2.05) is 35.2 Å². The molecular formula is C21H22N2O3S2. The second-order valence-electron chi connectivity index (χ2n) is 7.31. The molecule has 2 aliphatic rings. The Morgan fingerprint density at radius 1 is 1.18 bits per heavy atom. The van der Waals surface area contributed by atoms with E-state index in [9.17, 15) is 13.2 Å². The van der Waals surface area contributed by atoms with Gasteiger partial charge < -0.3 is 4.90 Å². The van der Waals surface area contributed by atoms with Crippen LogP contribution in [-0.4, -0.2) is 43.0 Å². The van der Waals surface area contributed by atoms with Crippen LogP contribution >= 0.6 is 11.8 Å². The van der Waals surface area contributed by atoms with Crippen LogP contribution in [0.3, 0.4) is 0 Å². The Balaban J connectivity index is 1.66. The third kappa shape index (κ3) is 3.73. The minimum Gasteiger partial charge on any atom is -0.315 e. The molecule has 2 aliphatic heterocycles. The third-order valence-electron chi connectivity index (χ3n) is 5.26. The van der Waals surface area contributed by atoms with Gasteiger partial charge in [0.15, 0.2) is 20.8 Å². The highest BCUT2D eigenvalue weighted by Crippen LogP contribution is 2.36. The van der Waals surface area contributed by atoms with Gasteiger partial charge >= 0.3 is 0 Å². The van der Waals surface area contributed by atoms with Crippen molar-refractivity contribution in [2.45, 2.75) is 31.7 Å². The highest BCUT2D eigenvalue weighted by Gasteiger charge is 2.47. The smallest absolute Gasteiger partial charge is 0.164 e. The summed E-state index contributed by atoms with van der Waals surface area (Å²) in [6.07, 6.45) is 0. The number of rotatable bonds is 4. The quantitative estimate of drug-likeness (QED) is 0.717. The summed E-state index contributed by atoms with van der Waals surface area (Å²) in [6, 6.07) is 15.2. The van der Waals surface area contributed by atoms with Gasteiger partial charge in [-0.1, -0.05) is 48.2 Å². The number of anilines is 1. The molecule has 2 heterocycles. The number of aryl methyl sites for hydroxylation is 1. The molecule has 1 saturated heterocycles. The summed E-state index contributed by atoms with van der Waals surface area (Å²) < 4.78 is 24.3. The van der Waals surface area contributed by atoms with Crippen LogP contribution in [0, 0.1) is 6.92 Å². The van der Waals surface area contributed by atoms with Crippen molar-refractivity contribution in [1.82, 2.24) is 0 Å². The van der Waals surface area contributed by atoms with Gasteiger partial charge in [-0.05, 0) is 37.1 Å². The second-order valence-corrected chi connectivity index (χ2v) is 10.4. The number of thioether (sulfide) groups is 1. The average Bonchev–Trinajstić information content (AvgIpc) is 3.12. The summed E-state index contributed by atoms with van der Waals surface area (Å²) in [6.45, 7) is 3.62. The van der Waals surface area contributed by atoms with Gasteiger partial charge in [-0.2, -0.15) is 0 Å². The van der Waals surface area contributed by atoms with Crippen molar-refractivity contribution in [1.29, 1.82) is 0 Å². The molecule has 0 bridgehead atoms. The number of Topliss-reactive ketones (excluding diaryl/α,β-unsaturated/α-hetero) is 1. The Hall–Kier alpha value is -2.12. The van der Waals surface area contributed by atoms with Crippen LogP contribution in [0.1, 0.15) is 28.4 Å². The fraction of sp³-hybridized carbons (Fsp3) is 0.333. The van der Waals surface area contributed by atoms with Gasteiger partial charge in [0, 0.05) is 17.0 Å². The Kier molecular flexibility index (Phi) is 5.05. The Morgan fingerprint density at radius 2 is 1.96 bits per heavy atom. The number of hydrogen-bond donors (Lipinski definition) is 0. The lowest BCUT2D eigenvalue weighted by molar-refractivity contribution is 0.101. The average molecular weight is 415 g/mol. The topological polar surface area (TPSA) is 66.8 Å². The Morgan fingerprint density at radius 3 is 2.71 bits per heavy atom. The van der Waals surface area contributed by atoms with E-state index in [4.69, 9.17) is 4.99 Å². The maximum absolute atomic E-state index is 12.2. The van der Waals surface area contributed by atoms with Gasteiger partial charge in [-0.3, -0.25) is 9.79 Å². The zero-order chi connectivity index (χ0) is 19.9. The SMILES string of the molecule is CC(=O)c1cccc(N2C(SCc3ccccc3C)=NC3CS(=O)(=O)CC32)c1. The lowest BCUT2D eigenvalue weighted by Crippen LogP contribution is -2.39. The number of carbonyl (C=O) groups excluding carboxylic acids is 1. The van der Waals surface area contributed by atoms with Gasteiger partial charge in [0.2, 0.25) is 0 Å². The molecule has 2 aromatic rings. The molecule has 2 atom stereocenters. The second kappa shape index (κ2) is 7.37. The van der Waals surface area contributed by atoms with Gasteiger partial charge in [-0.15, -0.1) is 0 Å². The van der Waals surface area contributed by atoms with Crippen LogP contribution < -0.4 is 4.90 Å². The minimum atomic E-state index is -3.10. The molecular weight excluding hydrogens is 392 g/mol. The molecule has 1 fully saturated rings. The van der Waals surface area contributed by atoms with Gasteiger partial charge in [0.05, 0.1) is 23.6 Å². The van der Waals surface area contributed by atoms with E-state index in [1.54, 1.807) is 17.8 Å². The largest absolute Gasteiger partial charge is 0.315 e. The van der Waals surface area contributed by atoms with E-state index in [0.29, 0.717) is 5.56 Å². The number of nitrogens with zero attached hydrogens (tertiary/aromatic N) is 2. The van der Waals surface area contributed by atoms with Gasteiger partial charge in [-0.25, -0.2) is 8.42 Å². The Bertz CT molecular complexity index is 1060. The maximum Gasteiger partial charge on any atom is 0.164 e. The van der Waals surface area contributed by atoms with Crippen molar-refractivity contribution in [3.63, 3.8) is 0 Å². The summed E-state index contributed by atoms with van der Waals surface area (Å²) in [5.74, 6) is 0.942. The molecule has 4 rings (SSSR count). The first-order valence-corrected chi connectivity index (χ1v) is 12.0. The number of aliphatic imine (C=N–C) groups is 1. The molecule has 0 amide bonds. The van der Waals surface area contributed by atoms with Gasteiger partial charge in [0.25, 0.3) is 0 Å². The van der Waals surface area contributed by atoms with E-state index in [0.717, 1.165) is 16.6 Å². The minimum absolute atomic E-state index is 0.0114. The van der Waals surface area contributed by atoms with Crippen LogP contribution in [-0.2, 0) is 15.6 Å². The standard InChI is InChI=1S/C21H22N2O3S2/c1-14-6-3-4-7-17(14)11-27-21-22-19-12-28(25,26)13-20(19)23(21)18-9-5-8-16(10-18)15(2)24/h3-10,19-20H,11-13H2,1-2H3. The zero-order valence-corrected chi connectivity index (χ0v) is 17.5. The van der Waals surface area contributed by atoms with Crippen LogP contribution in [0.2, 0.25) is 0 Å². The number of hydrogen-bond acceptors (Lipinski definition) is 6. The van der Waals surface area contributed by atoms with Crippen molar-refractivity contribution >= 4 is 38.2 Å². The van der Waals surface area contributed by atoms with Crippen LogP contribution in [0.5, 0.6) is 0 Å². The number of fused-ring (bicyclic) bond motifs is 1. The van der Waals surface area contributed by atoms with Crippen molar-refractivity contribution in [3.05, 3.63) is 65.2 Å². The zero-order valence-electron chi connectivity index (χ0n) is 15.8. The molecule has 0 saturated carbocycles. The highest BCUT2D eigenvalue weighted by atomic mass is 32.2. The predicted octanol–water partition coefficient (Wildman–Crippen LogP) is 3.47. The molecule has 0 aromatic heterocycles. The summed E-state index contributed by atoms with van der Waals surface area (Å²) in [7, 11) is -3.10. The predicted molar refractivity (Wildman–Crippen MR) is 115 cm³/mol. The van der Waals surface area contributed by atoms with E-state index in [1.165, 1.54) is 18.1 Å². The summed E-state index contributed by atoms with van der Waals surface area (Å²) in [5.41, 5.74) is 3.90. The fourth-order valence-electron chi connectivity index (χ4n) is 3.72. The number of benzene rings is 2. The molecule has 0 radical (unpaired) electrons. The molecule has 146 valence electrons. The fourth-order valence-corrected chi connectivity index (χ4v) is 6.77. The number of carbonyl (C=O) groups is 1. The van der Waals surface area contributed by atoms with E-state index < -0.39 is 9.84 Å². The first-order chi connectivity index (χ1) is 13.3. The van der Waals surface area contributed by atoms with Gasteiger partial charge in [0.1, 0.15) is 0 Å². The molecule has 7 heteroatoms. The van der Waals surface area contributed by atoms with Crippen molar-refractivity contribution in [2.24, 2.45) is 4.99 Å². The monoisotopic (exact) mass is 414 g/mol. The Labute approximate surface area is 169 Å². The van der Waals surface area contributed by atoms with E-state index in [-0.39, 0.29) is 29.4 Å². The first-order valence-electron chi connectivity index (χ1n) is 9.20. The summed E-state index contributed by atoms with van der Waals surface area (Å²) in [5, 5.41) is 0.828. The number of ketones is 1. The molecule has 28 heavy (non-hydrogen) atoms. The number of amidine groups is 1. The lowest BCUT2D eigenvalue weighted by atomic mass is 10.1. The van der Waals surface area contributed by atoms with Crippen molar-refractivity contribution < 1.29 is 13.2 Å². The summed E-state index contributed by atoms with van der Waals surface area (Å²) >= 11 is 1.62. The first kappa shape index (κ1) is 19.2. The van der Waals surface area contributed by atoms with Crippen LogP contribution in [0.4, 0.5) is 5.69 Å². The van der Waals surface area contributed by atoms with E-state index >= 15 is 0 Å². The molecule has 0 N–H and O–H groups in total. The number of sulfone groups is 1. The summed E-state index contributed by atoms with van der Waals surface area (Å²) in [4.78, 5) is 18.6. The van der Waals surface area contributed by atoms with Crippen LogP contribution in [0.25, 0.3) is 0 Å². The van der Waals surface area contributed by atoms with Crippen molar-refractivity contribution in [3.8, 4) is 0 Å².